The molecule has 7 nitrogen and oxygen atoms in total. The van der Waals surface area contributed by atoms with E-state index < -0.39 is 11.5 Å². The molecule has 0 saturated carbocycles. The van der Waals surface area contributed by atoms with E-state index in [1.165, 1.54) is 0 Å². The molecule has 0 radical (unpaired) electrons. The number of nitrogens with two attached hydrogens (primary N) is 1. The molecule has 134 valence electrons. The molecule has 3 aromatic heterocycles. The molecule has 0 aliphatic carbocycles. The van der Waals surface area contributed by atoms with Gasteiger partial charge >= 0.3 is 0 Å². The molecule has 1 fully saturated rings. The summed E-state index contributed by atoms with van der Waals surface area (Å²) in [5.74, 6) is 0.371. The molecule has 7 heteroatoms. The molecule has 4 heterocycles. The van der Waals surface area contributed by atoms with Gasteiger partial charge < -0.3 is 19.8 Å². The number of fused-ring (bicyclic) bond motifs is 1. The van der Waals surface area contributed by atoms with Gasteiger partial charge in [0.05, 0.1) is 29.9 Å². The largest absolute Gasteiger partial charge is 0.378 e. The van der Waals surface area contributed by atoms with Crippen molar-refractivity contribution in [3.63, 3.8) is 0 Å². The molecule has 2 N–H and O–H groups in total. The number of pyridine rings is 2. The van der Waals surface area contributed by atoms with Gasteiger partial charge in [0.25, 0.3) is 0 Å². The molecule has 4 rings (SSSR count). The Hall–Kier alpha value is -2.77. The maximum atomic E-state index is 11.2. The predicted molar refractivity (Wildman–Crippen MR) is 95.9 cm³/mol. The second-order valence-electron chi connectivity index (χ2n) is 6.45. The smallest absolute Gasteiger partial charge is 0.223 e. The zero-order valence-electron chi connectivity index (χ0n) is 14.5. The van der Waals surface area contributed by atoms with Gasteiger partial charge in [0, 0.05) is 37.9 Å². The highest BCUT2D eigenvalue weighted by Gasteiger charge is 2.38. The first-order valence-corrected chi connectivity index (χ1v) is 8.46. The van der Waals surface area contributed by atoms with E-state index in [4.69, 9.17) is 20.2 Å². The number of hydrogen-bond donors (Lipinski definition) is 1. The minimum Gasteiger partial charge on any atom is -0.378 e. The summed E-state index contributed by atoms with van der Waals surface area (Å²) >= 11 is 0. The van der Waals surface area contributed by atoms with Gasteiger partial charge in [0.1, 0.15) is 11.4 Å². The summed E-state index contributed by atoms with van der Waals surface area (Å²) in [6.07, 6.45) is 4.57. The van der Waals surface area contributed by atoms with E-state index in [2.05, 4.69) is 4.98 Å². The number of amides is 1. The van der Waals surface area contributed by atoms with Gasteiger partial charge in [0.15, 0.2) is 0 Å². The van der Waals surface area contributed by atoms with Crippen LogP contribution in [-0.2, 0) is 26.3 Å². The first kappa shape index (κ1) is 16.7. The van der Waals surface area contributed by atoms with E-state index in [1.807, 2.05) is 41.1 Å². The van der Waals surface area contributed by atoms with Crippen molar-refractivity contribution in [2.24, 2.45) is 5.73 Å². The highest BCUT2D eigenvalue weighted by atomic mass is 16.5. The molecule has 0 spiro atoms. The van der Waals surface area contributed by atoms with Crippen LogP contribution >= 0.6 is 0 Å². The third-order valence-electron chi connectivity index (χ3n) is 4.81. The van der Waals surface area contributed by atoms with Crippen LogP contribution in [0.4, 0.5) is 0 Å². The monoisotopic (exact) mass is 352 g/mol. The Morgan fingerprint density at radius 1 is 1.42 bits per heavy atom. The number of nitrogens with zero attached hydrogens (tertiary/aromatic N) is 3. The summed E-state index contributed by atoms with van der Waals surface area (Å²) in [5, 5.41) is 0.969. The maximum Gasteiger partial charge on any atom is 0.223 e. The number of aromatic nitrogens is 3. The molecular formula is C19H20N4O3. The highest BCUT2D eigenvalue weighted by Crippen LogP contribution is 2.33. The van der Waals surface area contributed by atoms with E-state index in [1.54, 1.807) is 13.3 Å². The van der Waals surface area contributed by atoms with Crippen LogP contribution in [0.3, 0.4) is 0 Å². The summed E-state index contributed by atoms with van der Waals surface area (Å²) in [6, 6.07) is 9.71. The van der Waals surface area contributed by atoms with Crippen molar-refractivity contribution in [1.82, 2.24) is 14.5 Å². The number of ether oxygens (including phenoxy) is 2. The fraction of sp³-hybridized carbons (Fsp3) is 0.316. The topological polar surface area (TPSA) is 92.3 Å². The lowest BCUT2D eigenvalue weighted by Gasteiger charge is -2.25. The molecule has 1 unspecified atom stereocenters. The van der Waals surface area contributed by atoms with Crippen LogP contribution < -0.4 is 5.73 Å². The zero-order chi connectivity index (χ0) is 18.1. The Morgan fingerprint density at radius 3 is 3.04 bits per heavy atom. The second kappa shape index (κ2) is 6.51. The maximum absolute atomic E-state index is 11.2. The van der Waals surface area contributed by atoms with E-state index in [-0.39, 0.29) is 6.42 Å². The van der Waals surface area contributed by atoms with Gasteiger partial charge in [-0.1, -0.05) is 6.07 Å². The molecule has 3 aromatic rings. The number of hydrogen-bond acceptors (Lipinski definition) is 5. The minimum absolute atomic E-state index is 0.110. The Morgan fingerprint density at radius 2 is 2.31 bits per heavy atom. The summed E-state index contributed by atoms with van der Waals surface area (Å²) in [6.45, 7) is 1.16. The summed E-state index contributed by atoms with van der Waals surface area (Å²) < 4.78 is 13.3. The fourth-order valence-electron chi connectivity index (χ4n) is 3.37. The highest BCUT2D eigenvalue weighted by molar-refractivity contribution is 5.83. The third-order valence-corrected chi connectivity index (χ3v) is 4.81. The van der Waals surface area contributed by atoms with E-state index in [0.29, 0.717) is 18.9 Å². The fourth-order valence-corrected chi connectivity index (χ4v) is 3.37. The first-order valence-electron chi connectivity index (χ1n) is 8.46. The van der Waals surface area contributed by atoms with Crippen molar-refractivity contribution in [3.05, 3.63) is 54.1 Å². The first-order chi connectivity index (χ1) is 12.6. The number of carbonyl (C=O) groups excluding carboxylic acids is 1. The van der Waals surface area contributed by atoms with Gasteiger partial charge in [-0.25, -0.2) is 4.98 Å². The SMILES string of the molecule is COC1(c2cccc(-n3ccc4cnc(CC(N)=O)cc43)n2)CCOC1. The molecule has 26 heavy (non-hydrogen) atoms. The molecule has 1 atom stereocenters. The molecule has 1 amide bonds. The minimum atomic E-state index is -0.502. The Balaban J connectivity index is 1.78. The van der Waals surface area contributed by atoms with Crippen molar-refractivity contribution in [2.45, 2.75) is 18.4 Å². The van der Waals surface area contributed by atoms with Crippen LogP contribution in [-0.4, -0.2) is 40.8 Å². The lowest BCUT2D eigenvalue weighted by atomic mass is 9.98. The van der Waals surface area contributed by atoms with E-state index in [9.17, 15) is 4.79 Å². The van der Waals surface area contributed by atoms with Crippen molar-refractivity contribution >= 4 is 16.8 Å². The number of rotatable bonds is 5. The normalized spacial score (nSPS) is 19.9. The summed E-state index contributed by atoms with van der Waals surface area (Å²) in [7, 11) is 1.69. The molecule has 1 saturated heterocycles. The molecule has 1 aliphatic rings. The molecule has 0 bridgehead atoms. The zero-order valence-corrected chi connectivity index (χ0v) is 14.5. The second-order valence-corrected chi connectivity index (χ2v) is 6.45. The van der Waals surface area contributed by atoms with Crippen LogP contribution in [0.5, 0.6) is 0 Å². The Kier molecular flexibility index (Phi) is 4.18. The standard InChI is InChI=1S/C19H20N4O3/c1-25-19(6-8-26-12-19)16-3-2-4-18(22-16)23-7-5-13-11-21-14(9-15(13)23)10-17(20)24/h2-5,7,9,11H,6,8,10,12H2,1H3,(H2,20,24). The molecular weight excluding hydrogens is 332 g/mol. The third kappa shape index (κ3) is 2.85. The summed E-state index contributed by atoms with van der Waals surface area (Å²) in [5.41, 5.74) is 7.20. The average Bonchev–Trinajstić information content (AvgIpc) is 3.29. The van der Waals surface area contributed by atoms with E-state index >= 15 is 0 Å². The Bertz CT molecular complexity index is 960. The van der Waals surface area contributed by atoms with Crippen LogP contribution in [0, 0.1) is 0 Å². The predicted octanol–water partition coefficient (Wildman–Crippen LogP) is 1.71. The van der Waals surface area contributed by atoms with Crippen LogP contribution in [0.25, 0.3) is 16.7 Å². The number of carbonyl (C=O) groups is 1. The van der Waals surface area contributed by atoms with Gasteiger partial charge in [-0.05, 0) is 24.3 Å². The summed E-state index contributed by atoms with van der Waals surface area (Å²) in [4.78, 5) is 20.3. The van der Waals surface area contributed by atoms with Gasteiger partial charge in [-0.3, -0.25) is 9.78 Å². The van der Waals surface area contributed by atoms with Crippen LogP contribution in [0.1, 0.15) is 17.8 Å². The quantitative estimate of drug-likeness (QED) is 0.755. The lowest BCUT2D eigenvalue weighted by Crippen LogP contribution is -2.30. The van der Waals surface area contributed by atoms with Crippen molar-refractivity contribution < 1.29 is 14.3 Å². The van der Waals surface area contributed by atoms with Crippen molar-refractivity contribution in [3.8, 4) is 5.82 Å². The van der Waals surface area contributed by atoms with Gasteiger partial charge in [0.2, 0.25) is 5.91 Å². The van der Waals surface area contributed by atoms with Gasteiger partial charge in [-0.15, -0.1) is 0 Å². The van der Waals surface area contributed by atoms with Crippen molar-refractivity contribution in [1.29, 1.82) is 0 Å². The average molecular weight is 352 g/mol. The van der Waals surface area contributed by atoms with Crippen LogP contribution in [0.2, 0.25) is 0 Å². The Labute approximate surface area is 150 Å². The number of methoxy groups -OCH3 is 1. The lowest BCUT2D eigenvalue weighted by molar-refractivity contribution is -0.117. The molecule has 0 aromatic carbocycles. The van der Waals surface area contributed by atoms with Gasteiger partial charge in [-0.2, -0.15) is 0 Å². The van der Waals surface area contributed by atoms with E-state index in [0.717, 1.165) is 28.8 Å². The molecule has 1 aliphatic heterocycles. The van der Waals surface area contributed by atoms with Crippen LogP contribution in [0.15, 0.2) is 42.7 Å². The number of primary amides is 1. The van der Waals surface area contributed by atoms with Crippen molar-refractivity contribution in [2.75, 3.05) is 20.3 Å².